The number of benzene rings is 1. The molecule has 0 spiro atoms. The molecule has 1 aromatic carbocycles. The summed E-state index contributed by atoms with van der Waals surface area (Å²) in [5.41, 5.74) is 6.68. The van der Waals surface area contributed by atoms with Gasteiger partial charge in [0.05, 0.1) is 11.7 Å². The number of hydrogen-bond acceptors (Lipinski definition) is 4. The van der Waals surface area contributed by atoms with Crippen LogP contribution in [0.5, 0.6) is 5.75 Å². The first kappa shape index (κ1) is 17.2. The van der Waals surface area contributed by atoms with Gasteiger partial charge in [0.25, 0.3) is 5.91 Å². The van der Waals surface area contributed by atoms with Gasteiger partial charge in [0.2, 0.25) is 0 Å². The van der Waals surface area contributed by atoms with E-state index in [2.05, 4.69) is 0 Å². The van der Waals surface area contributed by atoms with Crippen LogP contribution in [-0.2, 0) is 4.74 Å². The lowest BCUT2D eigenvalue weighted by atomic mass is 9.92. The number of amides is 1. The summed E-state index contributed by atoms with van der Waals surface area (Å²) in [6.07, 6.45) is 4.36. The number of para-hydroxylation sites is 1. The summed E-state index contributed by atoms with van der Waals surface area (Å²) in [4.78, 5) is 14.9. The topological polar surface area (TPSA) is 64.8 Å². The molecule has 3 atom stereocenters. The molecule has 3 rings (SSSR count). The Labute approximate surface area is 144 Å². The second-order valence-corrected chi connectivity index (χ2v) is 6.95. The molecule has 2 aliphatic heterocycles. The Morgan fingerprint density at radius 2 is 2.21 bits per heavy atom. The lowest BCUT2D eigenvalue weighted by Gasteiger charge is -2.35. The summed E-state index contributed by atoms with van der Waals surface area (Å²) in [6.45, 7) is 4.86. The summed E-state index contributed by atoms with van der Waals surface area (Å²) in [5, 5.41) is 0. The highest BCUT2D eigenvalue weighted by Crippen LogP contribution is 2.25. The van der Waals surface area contributed by atoms with Gasteiger partial charge in [-0.25, -0.2) is 0 Å². The predicted octanol–water partition coefficient (Wildman–Crippen LogP) is 2.44. The Morgan fingerprint density at radius 1 is 1.38 bits per heavy atom. The molecule has 5 nitrogen and oxygen atoms in total. The first-order valence-electron chi connectivity index (χ1n) is 9.03. The molecule has 2 fully saturated rings. The zero-order chi connectivity index (χ0) is 16.9. The molecule has 24 heavy (non-hydrogen) atoms. The quantitative estimate of drug-likeness (QED) is 0.899. The van der Waals surface area contributed by atoms with Gasteiger partial charge < -0.3 is 20.1 Å². The fraction of sp³-hybridized carbons (Fsp3) is 0.632. The minimum atomic E-state index is 0.0447. The van der Waals surface area contributed by atoms with Crippen molar-refractivity contribution in [2.75, 3.05) is 26.3 Å². The standard InChI is InChI=1S/C19H28N2O3/c1-14(20)15-6-4-10-21(12-15)19(22)17-8-2-3-9-18(17)24-13-16-7-5-11-23-16/h2-3,8-9,14-16H,4-7,10-13,20H2,1H3. The molecular formula is C19H28N2O3. The Kier molecular flexibility index (Phi) is 5.74. The van der Waals surface area contributed by atoms with Crippen molar-refractivity contribution < 1.29 is 14.3 Å². The Hall–Kier alpha value is -1.59. The van der Waals surface area contributed by atoms with Gasteiger partial charge in [-0.3, -0.25) is 4.79 Å². The molecule has 2 N–H and O–H groups in total. The summed E-state index contributed by atoms with van der Waals surface area (Å²) in [7, 11) is 0. The number of likely N-dealkylation sites (tertiary alicyclic amines) is 1. The van der Waals surface area contributed by atoms with Crippen molar-refractivity contribution in [2.24, 2.45) is 11.7 Å². The van der Waals surface area contributed by atoms with Crippen molar-refractivity contribution in [3.8, 4) is 5.75 Å². The van der Waals surface area contributed by atoms with Gasteiger partial charge in [0.1, 0.15) is 12.4 Å². The Balaban J connectivity index is 1.67. The SMILES string of the molecule is CC(N)C1CCCN(C(=O)c2ccccc2OCC2CCCO2)C1. The van der Waals surface area contributed by atoms with E-state index in [-0.39, 0.29) is 18.1 Å². The Bertz CT molecular complexity index is 555. The molecule has 0 radical (unpaired) electrons. The van der Waals surface area contributed by atoms with Crippen molar-refractivity contribution in [1.29, 1.82) is 0 Å². The number of carbonyl (C=O) groups excluding carboxylic acids is 1. The van der Waals surface area contributed by atoms with Crippen molar-refractivity contribution in [1.82, 2.24) is 4.90 Å². The number of hydrogen-bond donors (Lipinski definition) is 1. The summed E-state index contributed by atoms with van der Waals surface area (Å²) < 4.78 is 11.5. The second kappa shape index (κ2) is 7.99. The second-order valence-electron chi connectivity index (χ2n) is 6.95. The molecule has 2 heterocycles. The summed E-state index contributed by atoms with van der Waals surface area (Å²) >= 11 is 0. The number of rotatable bonds is 5. The van der Waals surface area contributed by atoms with Crippen LogP contribution in [0, 0.1) is 5.92 Å². The van der Waals surface area contributed by atoms with Crippen molar-refractivity contribution in [2.45, 2.75) is 44.8 Å². The third-order valence-electron chi connectivity index (χ3n) is 5.05. The number of piperidine rings is 1. The maximum atomic E-state index is 13.0. The molecule has 0 aliphatic carbocycles. The van der Waals surface area contributed by atoms with Gasteiger partial charge in [-0.15, -0.1) is 0 Å². The van der Waals surface area contributed by atoms with Crippen LogP contribution in [0.2, 0.25) is 0 Å². The number of ether oxygens (including phenoxy) is 2. The molecule has 3 unspecified atom stereocenters. The zero-order valence-corrected chi connectivity index (χ0v) is 14.4. The summed E-state index contributed by atoms with van der Waals surface area (Å²) in [5.74, 6) is 1.08. The minimum absolute atomic E-state index is 0.0447. The van der Waals surface area contributed by atoms with E-state index in [4.69, 9.17) is 15.2 Å². The highest BCUT2D eigenvalue weighted by molar-refractivity contribution is 5.97. The molecule has 0 bridgehead atoms. The molecule has 5 heteroatoms. The molecule has 1 aromatic rings. The van der Waals surface area contributed by atoms with Crippen LogP contribution in [0.4, 0.5) is 0 Å². The van der Waals surface area contributed by atoms with Gasteiger partial charge >= 0.3 is 0 Å². The maximum Gasteiger partial charge on any atom is 0.257 e. The minimum Gasteiger partial charge on any atom is -0.490 e. The first-order valence-corrected chi connectivity index (χ1v) is 9.03. The van der Waals surface area contributed by atoms with Crippen LogP contribution < -0.4 is 10.5 Å². The monoisotopic (exact) mass is 332 g/mol. The predicted molar refractivity (Wildman–Crippen MR) is 93.2 cm³/mol. The van der Waals surface area contributed by atoms with Crippen LogP contribution in [0.1, 0.15) is 43.0 Å². The molecule has 1 amide bonds. The third-order valence-corrected chi connectivity index (χ3v) is 5.05. The Morgan fingerprint density at radius 3 is 2.96 bits per heavy atom. The zero-order valence-electron chi connectivity index (χ0n) is 14.4. The molecular weight excluding hydrogens is 304 g/mol. The maximum absolute atomic E-state index is 13.0. The van der Waals surface area contributed by atoms with E-state index in [1.54, 1.807) is 0 Å². The van der Waals surface area contributed by atoms with Crippen LogP contribution in [0.15, 0.2) is 24.3 Å². The first-order chi connectivity index (χ1) is 11.6. The normalized spacial score (nSPS) is 25.5. The van der Waals surface area contributed by atoms with E-state index in [1.165, 1.54) is 0 Å². The van der Waals surface area contributed by atoms with E-state index >= 15 is 0 Å². The van der Waals surface area contributed by atoms with Crippen molar-refractivity contribution in [3.05, 3.63) is 29.8 Å². The molecule has 2 saturated heterocycles. The van der Waals surface area contributed by atoms with E-state index in [0.29, 0.717) is 23.8 Å². The van der Waals surface area contributed by atoms with Gasteiger partial charge in [0.15, 0.2) is 0 Å². The number of nitrogens with two attached hydrogens (primary N) is 1. The lowest BCUT2D eigenvalue weighted by Crippen LogP contribution is -2.45. The van der Waals surface area contributed by atoms with Crippen molar-refractivity contribution >= 4 is 5.91 Å². The molecule has 2 aliphatic rings. The van der Waals surface area contributed by atoms with Gasteiger partial charge in [-0.1, -0.05) is 12.1 Å². The van der Waals surface area contributed by atoms with E-state index in [0.717, 1.165) is 45.4 Å². The highest BCUT2D eigenvalue weighted by atomic mass is 16.5. The number of nitrogens with zero attached hydrogens (tertiary/aromatic N) is 1. The third kappa shape index (κ3) is 4.08. The van der Waals surface area contributed by atoms with Crippen LogP contribution in [0.3, 0.4) is 0 Å². The fourth-order valence-electron chi connectivity index (χ4n) is 3.52. The molecule has 132 valence electrons. The van der Waals surface area contributed by atoms with Gasteiger partial charge in [0, 0.05) is 25.7 Å². The molecule has 0 aromatic heterocycles. The van der Waals surface area contributed by atoms with Crippen LogP contribution in [0.25, 0.3) is 0 Å². The smallest absolute Gasteiger partial charge is 0.257 e. The van der Waals surface area contributed by atoms with Crippen LogP contribution >= 0.6 is 0 Å². The highest BCUT2D eigenvalue weighted by Gasteiger charge is 2.28. The van der Waals surface area contributed by atoms with Crippen LogP contribution in [-0.4, -0.2) is 49.3 Å². The van der Waals surface area contributed by atoms with E-state index < -0.39 is 0 Å². The lowest BCUT2D eigenvalue weighted by molar-refractivity contribution is 0.0613. The van der Waals surface area contributed by atoms with Gasteiger partial charge in [-0.05, 0) is 50.7 Å². The van der Waals surface area contributed by atoms with E-state index in [9.17, 15) is 4.79 Å². The average Bonchev–Trinajstić information content (AvgIpc) is 3.13. The van der Waals surface area contributed by atoms with E-state index in [1.807, 2.05) is 36.1 Å². The summed E-state index contributed by atoms with van der Waals surface area (Å²) in [6, 6.07) is 7.63. The number of carbonyl (C=O) groups is 1. The largest absolute Gasteiger partial charge is 0.490 e. The molecule has 0 saturated carbocycles. The van der Waals surface area contributed by atoms with Crippen molar-refractivity contribution in [3.63, 3.8) is 0 Å². The van der Waals surface area contributed by atoms with Gasteiger partial charge in [-0.2, -0.15) is 0 Å². The average molecular weight is 332 g/mol. The fourth-order valence-corrected chi connectivity index (χ4v) is 3.52.